The Kier molecular flexibility index (Phi) is 7.69. The van der Waals surface area contributed by atoms with Crippen LogP contribution in [0.1, 0.15) is 40.0 Å². The maximum atomic E-state index is 5.55. The van der Waals surface area contributed by atoms with Gasteiger partial charge in [0.25, 0.3) is 0 Å². The first-order chi connectivity index (χ1) is 6.16. The molecule has 78 valence electrons. The molecule has 0 saturated carbocycles. The standard InChI is InChI=1S/C10H22N2O/c1-4-10(11)12-7-5-6-8-13-9(2)3/h9H,4-8H2,1-3H3,(H2,11,12). The van der Waals surface area contributed by atoms with Crippen molar-refractivity contribution in [2.75, 3.05) is 13.2 Å². The van der Waals surface area contributed by atoms with E-state index in [-0.39, 0.29) is 0 Å². The second-order valence-corrected chi connectivity index (χ2v) is 3.35. The second-order valence-electron chi connectivity index (χ2n) is 3.35. The number of nitrogens with zero attached hydrogens (tertiary/aromatic N) is 1. The van der Waals surface area contributed by atoms with Gasteiger partial charge in [0.05, 0.1) is 11.9 Å². The van der Waals surface area contributed by atoms with Crippen LogP contribution in [0.15, 0.2) is 4.99 Å². The minimum absolute atomic E-state index is 0.337. The number of amidine groups is 1. The van der Waals surface area contributed by atoms with E-state index in [9.17, 15) is 0 Å². The minimum Gasteiger partial charge on any atom is -0.387 e. The van der Waals surface area contributed by atoms with Crippen LogP contribution >= 0.6 is 0 Å². The lowest BCUT2D eigenvalue weighted by Gasteiger charge is -2.05. The Morgan fingerprint density at radius 2 is 2.08 bits per heavy atom. The summed E-state index contributed by atoms with van der Waals surface area (Å²) in [5.74, 6) is 0.754. The van der Waals surface area contributed by atoms with Crippen molar-refractivity contribution in [2.45, 2.75) is 46.1 Å². The van der Waals surface area contributed by atoms with E-state index in [4.69, 9.17) is 10.5 Å². The molecule has 0 aliphatic carbocycles. The maximum Gasteiger partial charge on any atom is 0.0934 e. The van der Waals surface area contributed by atoms with Crippen LogP contribution < -0.4 is 5.73 Å². The summed E-state index contributed by atoms with van der Waals surface area (Å²) in [6.07, 6.45) is 3.32. The molecule has 0 heterocycles. The highest BCUT2D eigenvalue weighted by Gasteiger charge is 1.92. The van der Waals surface area contributed by atoms with Gasteiger partial charge in [0, 0.05) is 19.6 Å². The van der Waals surface area contributed by atoms with Crippen molar-refractivity contribution in [3.8, 4) is 0 Å². The Hall–Kier alpha value is -0.570. The number of ether oxygens (including phenoxy) is 1. The molecule has 0 aromatic carbocycles. The fraction of sp³-hybridized carbons (Fsp3) is 0.900. The number of rotatable bonds is 7. The van der Waals surface area contributed by atoms with E-state index in [0.717, 1.165) is 38.2 Å². The summed E-state index contributed by atoms with van der Waals surface area (Å²) < 4.78 is 5.40. The van der Waals surface area contributed by atoms with Gasteiger partial charge in [0.2, 0.25) is 0 Å². The number of unbranched alkanes of at least 4 members (excludes halogenated alkanes) is 1. The van der Waals surface area contributed by atoms with Crippen molar-refractivity contribution in [3.05, 3.63) is 0 Å². The maximum absolute atomic E-state index is 5.55. The third-order valence-electron chi connectivity index (χ3n) is 1.68. The van der Waals surface area contributed by atoms with Crippen molar-refractivity contribution in [3.63, 3.8) is 0 Å². The molecule has 0 rings (SSSR count). The summed E-state index contributed by atoms with van der Waals surface area (Å²) >= 11 is 0. The molecule has 13 heavy (non-hydrogen) atoms. The summed E-state index contributed by atoms with van der Waals surface area (Å²) in [5, 5.41) is 0. The van der Waals surface area contributed by atoms with Gasteiger partial charge in [-0.25, -0.2) is 0 Å². The molecule has 0 amide bonds. The van der Waals surface area contributed by atoms with Crippen LogP contribution in [-0.2, 0) is 4.74 Å². The monoisotopic (exact) mass is 186 g/mol. The van der Waals surface area contributed by atoms with Gasteiger partial charge in [-0.1, -0.05) is 6.92 Å². The largest absolute Gasteiger partial charge is 0.387 e. The zero-order chi connectivity index (χ0) is 10.1. The zero-order valence-electron chi connectivity index (χ0n) is 9.05. The SMILES string of the molecule is CCC(N)=NCCCCOC(C)C. The summed E-state index contributed by atoms with van der Waals surface area (Å²) in [4.78, 5) is 4.20. The van der Waals surface area contributed by atoms with Gasteiger partial charge in [0.15, 0.2) is 0 Å². The zero-order valence-corrected chi connectivity index (χ0v) is 9.05. The average Bonchev–Trinajstić information content (AvgIpc) is 2.10. The molecule has 0 aromatic rings. The molecule has 0 bridgehead atoms. The fourth-order valence-electron chi connectivity index (χ4n) is 0.867. The Labute approximate surface area is 81.4 Å². The predicted octanol–water partition coefficient (Wildman–Crippen LogP) is 1.96. The van der Waals surface area contributed by atoms with Crippen molar-refractivity contribution in [2.24, 2.45) is 10.7 Å². The first-order valence-corrected chi connectivity index (χ1v) is 5.07. The van der Waals surface area contributed by atoms with E-state index in [0.29, 0.717) is 6.10 Å². The van der Waals surface area contributed by atoms with Gasteiger partial charge in [0.1, 0.15) is 0 Å². The lowest BCUT2D eigenvalue weighted by atomic mass is 10.3. The molecule has 0 unspecified atom stereocenters. The van der Waals surface area contributed by atoms with Crippen molar-refractivity contribution in [1.82, 2.24) is 0 Å². The van der Waals surface area contributed by atoms with E-state index in [2.05, 4.69) is 4.99 Å². The normalized spacial score (nSPS) is 12.5. The molecular weight excluding hydrogens is 164 g/mol. The molecule has 3 heteroatoms. The highest BCUT2D eigenvalue weighted by Crippen LogP contribution is 1.95. The average molecular weight is 186 g/mol. The Morgan fingerprint density at radius 1 is 1.38 bits per heavy atom. The lowest BCUT2D eigenvalue weighted by Crippen LogP contribution is -2.10. The van der Waals surface area contributed by atoms with Crippen LogP contribution in [0.2, 0.25) is 0 Å². The van der Waals surface area contributed by atoms with Gasteiger partial charge in [-0.05, 0) is 26.7 Å². The molecule has 0 radical (unpaired) electrons. The van der Waals surface area contributed by atoms with Crippen LogP contribution in [0.4, 0.5) is 0 Å². The fourth-order valence-corrected chi connectivity index (χ4v) is 0.867. The minimum atomic E-state index is 0.337. The molecule has 0 aromatic heterocycles. The number of hydrogen-bond acceptors (Lipinski definition) is 2. The summed E-state index contributed by atoms with van der Waals surface area (Å²) in [6, 6.07) is 0. The molecule has 3 nitrogen and oxygen atoms in total. The van der Waals surface area contributed by atoms with Crippen molar-refractivity contribution >= 4 is 5.84 Å². The summed E-state index contributed by atoms with van der Waals surface area (Å²) in [7, 11) is 0. The summed E-state index contributed by atoms with van der Waals surface area (Å²) in [5.41, 5.74) is 5.55. The van der Waals surface area contributed by atoms with Crippen LogP contribution in [0.25, 0.3) is 0 Å². The van der Waals surface area contributed by atoms with Crippen LogP contribution in [0, 0.1) is 0 Å². The van der Waals surface area contributed by atoms with Crippen LogP contribution in [0.5, 0.6) is 0 Å². The van der Waals surface area contributed by atoms with Gasteiger partial charge < -0.3 is 10.5 Å². The van der Waals surface area contributed by atoms with Crippen molar-refractivity contribution < 1.29 is 4.74 Å². The van der Waals surface area contributed by atoms with Crippen LogP contribution in [0.3, 0.4) is 0 Å². The highest BCUT2D eigenvalue weighted by atomic mass is 16.5. The van der Waals surface area contributed by atoms with E-state index < -0.39 is 0 Å². The molecule has 0 saturated heterocycles. The third-order valence-corrected chi connectivity index (χ3v) is 1.68. The highest BCUT2D eigenvalue weighted by molar-refractivity contribution is 5.79. The smallest absolute Gasteiger partial charge is 0.0934 e. The Balaban J connectivity index is 3.17. The molecular formula is C10H22N2O. The first kappa shape index (κ1) is 12.4. The molecule has 0 aliphatic rings. The van der Waals surface area contributed by atoms with Gasteiger partial charge in [-0.3, -0.25) is 4.99 Å². The second kappa shape index (κ2) is 8.05. The van der Waals surface area contributed by atoms with Gasteiger partial charge >= 0.3 is 0 Å². The number of nitrogens with two attached hydrogens (primary N) is 1. The number of aliphatic imine (C=N–C) groups is 1. The lowest BCUT2D eigenvalue weighted by molar-refractivity contribution is 0.0764. The van der Waals surface area contributed by atoms with Crippen LogP contribution in [-0.4, -0.2) is 25.1 Å². The first-order valence-electron chi connectivity index (χ1n) is 5.07. The molecule has 0 atom stereocenters. The van der Waals surface area contributed by atoms with Gasteiger partial charge in [-0.15, -0.1) is 0 Å². The Morgan fingerprint density at radius 3 is 2.62 bits per heavy atom. The van der Waals surface area contributed by atoms with E-state index in [1.54, 1.807) is 0 Å². The third kappa shape index (κ3) is 9.34. The molecule has 2 N–H and O–H groups in total. The molecule has 0 fully saturated rings. The predicted molar refractivity (Wildman–Crippen MR) is 57.1 cm³/mol. The molecule has 0 spiro atoms. The summed E-state index contributed by atoms with van der Waals surface area (Å²) in [6.45, 7) is 7.78. The topological polar surface area (TPSA) is 47.6 Å². The van der Waals surface area contributed by atoms with Crippen molar-refractivity contribution in [1.29, 1.82) is 0 Å². The van der Waals surface area contributed by atoms with E-state index in [1.807, 2.05) is 20.8 Å². The quantitative estimate of drug-likeness (QED) is 0.375. The van der Waals surface area contributed by atoms with E-state index in [1.165, 1.54) is 0 Å². The van der Waals surface area contributed by atoms with Gasteiger partial charge in [-0.2, -0.15) is 0 Å². The number of hydrogen-bond donors (Lipinski definition) is 1. The molecule has 0 aliphatic heterocycles. The van der Waals surface area contributed by atoms with E-state index >= 15 is 0 Å². The Bertz CT molecular complexity index is 144.